The van der Waals surface area contributed by atoms with Crippen LogP contribution in [-0.2, 0) is 4.79 Å². The van der Waals surface area contributed by atoms with Crippen LogP contribution in [0.15, 0.2) is 18.2 Å². The summed E-state index contributed by atoms with van der Waals surface area (Å²) in [4.78, 5) is 13.5. The molecule has 19 heavy (non-hydrogen) atoms. The van der Waals surface area contributed by atoms with Gasteiger partial charge >= 0.3 is 0 Å². The van der Waals surface area contributed by atoms with Crippen molar-refractivity contribution >= 4 is 5.91 Å². The Morgan fingerprint density at radius 3 is 2.68 bits per heavy atom. The number of amides is 1. The van der Waals surface area contributed by atoms with Gasteiger partial charge in [0.05, 0.1) is 13.0 Å². The second kappa shape index (κ2) is 7.14. The van der Waals surface area contributed by atoms with Crippen LogP contribution in [0.25, 0.3) is 0 Å². The summed E-state index contributed by atoms with van der Waals surface area (Å²) in [6.07, 6.45) is 0.369. The monoisotopic (exact) mass is 264 g/mol. The normalized spacial score (nSPS) is 12.1. The standard InChI is InChI=1S/C15H24N2O2/c1-11-5-6-14(12(2)9-11)19-8-7-15(18)17(4)13(3)10-16/h5-6,9,13H,7-8,10,16H2,1-4H3. The highest BCUT2D eigenvalue weighted by Gasteiger charge is 2.14. The molecule has 0 saturated carbocycles. The van der Waals surface area contributed by atoms with E-state index >= 15 is 0 Å². The van der Waals surface area contributed by atoms with Gasteiger partial charge in [0.2, 0.25) is 5.91 Å². The van der Waals surface area contributed by atoms with Crippen molar-refractivity contribution < 1.29 is 9.53 Å². The van der Waals surface area contributed by atoms with Crippen molar-refractivity contribution in [3.8, 4) is 5.75 Å². The molecule has 0 aromatic heterocycles. The molecule has 0 spiro atoms. The van der Waals surface area contributed by atoms with Crippen molar-refractivity contribution in [1.29, 1.82) is 0 Å². The molecule has 0 radical (unpaired) electrons. The van der Waals surface area contributed by atoms with E-state index in [1.54, 1.807) is 11.9 Å². The summed E-state index contributed by atoms with van der Waals surface area (Å²) in [7, 11) is 1.77. The minimum atomic E-state index is 0.0581. The fraction of sp³-hybridized carbons (Fsp3) is 0.533. The number of hydrogen-bond acceptors (Lipinski definition) is 3. The highest BCUT2D eigenvalue weighted by molar-refractivity contribution is 5.76. The van der Waals surface area contributed by atoms with Crippen LogP contribution < -0.4 is 10.5 Å². The number of ether oxygens (including phenoxy) is 1. The summed E-state index contributed by atoms with van der Waals surface area (Å²) >= 11 is 0. The van der Waals surface area contributed by atoms with E-state index in [2.05, 4.69) is 6.07 Å². The van der Waals surface area contributed by atoms with Gasteiger partial charge in [-0.05, 0) is 32.4 Å². The smallest absolute Gasteiger partial charge is 0.226 e. The predicted octanol–water partition coefficient (Wildman–Crippen LogP) is 1.88. The fourth-order valence-electron chi connectivity index (χ4n) is 1.79. The van der Waals surface area contributed by atoms with E-state index in [-0.39, 0.29) is 11.9 Å². The van der Waals surface area contributed by atoms with Gasteiger partial charge in [-0.1, -0.05) is 17.7 Å². The van der Waals surface area contributed by atoms with Gasteiger partial charge in [-0.15, -0.1) is 0 Å². The molecular formula is C15H24N2O2. The van der Waals surface area contributed by atoms with E-state index in [0.29, 0.717) is 19.6 Å². The molecule has 0 fully saturated rings. The van der Waals surface area contributed by atoms with Crippen molar-refractivity contribution in [3.05, 3.63) is 29.3 Å². The number of nitrogens with zero attached hydrogens (tertiary/aromatic N) is 1. The maximum Gasteiger partial charge on any atom is 0.226 e. The molecule has 1 aromatic carbocycles. The number of carbonyl (C=O) groups is 1. The van der Waals surface area contributed by atoms with Crippen molar-refractivity contribution in [3.63, 3.8) is 0 Å². The first-order valence-electron chi connectivity index (χ1n) is 6.61. The molecule has 1 rings (SSSR count). The lowest BCUT2D eigenvalue weighted by molar-refractivity contribution is -0.132. The third-order valence-corrected chi connectivity index (χ3v) is 3.30. The number of benzene rings is 1. The summed E-state index contributed by atoms with van der Waals surface area (Å²) in [5, 5.41) is 0. The van der Waals surface area contributed by atoms with Crippen molar-refractivity contribution in [2.75, 3.05) is 20.2 Å². The van der Waals surface area contributed by atoms with Crippen LogP contribution in [0.3, 0.4) is 0 Å². The first-order valence-corrected chi connectivity index (χ1v) is 6.61. The minimum absolute atomic E-state index is 0.0581. The van der Waals surface area contributed by atoms with E-state index in [4.69, 9.17) is 10.5 Å². The first kappa shape index (κ1) is 15.5. The quantitative estimate of drug-likeness (QED) is 0.853. The van der Waals surface area contributed by atoms with Crippen LogP contribution >= 0.6 is 0 Å². The zero-order chi connectivity index (χ0) is 14.4. The Labute approximate surface area is 115 Å². The van der Waals surface area contributed by atoms with Crippen molar-refractivity contribution in [2.24, 2.45) is 5.73 Å². The van der Waals surface area contributed by atoms with Gasteiger partial charge in [-0.25, -0.2) is 0 Å². The van der Waals surface area contributed by atoms with E-state index in [1.807, 2.05) is 32.9 Å². The highest BCUT2D eigenvalue weighted by Crippen LogP contribution is 2.18. The molecule has 0 heterocycles. The second-order valence-electron chi connectivity index (χ2n) is 4.96. The zero-order valence-electron chi connectivity index (χ0n) is 12.3. The molecular weight excluding hydrogens is 240 g/mol. The van der Waals surface area contributed by atoms with Crippen LogP contribution in [0, 0.1) is 13.8 Å². The number of rotatable bonds is 6. The number of aryl methyl sites for hydroxylation is 2. The topological polar surface area (TPSA) is 55.6 Å². The lowest BCUT2D eigenvalue weighted by atomic mass is 10.1. The molecule has 2 N–H and O–H groups in total. The van der Waals surface area contributed by atoms with Crippen LogP contribution in [-0.4, -0.2) is 37.0 Å². The lowest BCUT2D eigenvalue weighted by Gasteiger charge is -2.23. The summed E-state index contributed by atoms with van der Waals surface area (Å²) in [6.45, 7) is 6.85. The Bertz CT molecular complexity index is 432. The summed E-state index contributed by atoms with van der Waals surface area (Å²) in [6, 6.07) is 6.09. The molecule has 0 aliphatic rings. The van der Waals surface area contributed by atoms with Gasteiger partial charge in [0.15, 0.2) is 0 Å². The average molecular weight is 264 g/mol. The molecule has 1 amide bonds. The molecule has 1 unspecified atom stereocenters. The van der Waals surface area contributed by atoms with Gasteiger partial charge in [0.25, 0.3) is 0 Å². The van der Waals surface area contributed by atoms with E-state index < -0.39 is 0 Å². The minimum Gasteiger partial charge on any atom is -0.493 e. The Hall–Kier alpha value is -1.55. The van der Waals surface area contributed by atoms with Gasteiger partial charge in [0.1, 0.15) is 5.75 Å². The maximum absolute atomic E-state index is 11.9. The van der Waals surface area contributed by atoms with Gasteiger partial charge in [0, 0.05) is 19.6 Å². The van der Waals surface area contributed by atoms with Crippen LogP contribution in [0.5, 0.6) is 5.75 Å². The molecule has 1 aromatic rings. The largest absolute Gasteiger partial charge is 0.493 e. The Morgan fingerprint density at radius 1 is 1.42 bits per heavy atom. The predicted molar refractivity (Wildman–Crippen MR) is 77.3 cm³/mol. The Balaban J connectivity index is 2.44. The first-order chi connectivity index (χ1) is 8.95. The third kappa shape index (κ3) is 4.56. The fourth-order valence-corrected chi connectivity index (χ4v) is 1.79. The SMILES string of the molecule is Cc1ccc(OCCC(=O)N(C)C(C)CN)c(C)c1. The molecule has 4 nitrogen and oxygen atoms in total. The summed E-state index contributed by atoms with van der Waals surface area (Å²) < 4.78 is 5.65. The number of likely N-dealkylation sites (N-methyl/N-ethyl adjacent to an activating group) is 1. The molecule has 1 atom stereocenters. The number of nitrogens with two attached hydrogens (primary N) is 1. The molecule has 0 saturated heterocycles. The molecule has 0 aliphatic heterocycles. The summed E-state index contributed by atoms with van der Waals surface area (Å²) in [5.41, 5.74) is 7.84. The molecule has 106 valence electrons. The van der Waals surface area contributed by atoms with Crippen LogP contribution in [0.2, 0.25) is 0 Å². The zero-order valence-corrected chi connectivity index (χ0v) is 12.3. The van der Waals surface area contributed by atoms with Gasteiger partial charge in [-0.2, -0.15) is 0 Å². The van der Waals surface area contributed by atoms with E-state index in [0.717, 1.165) is 11.3 Å². The average Bonchev–Trinajstić information content (AvgIpc) is 2.39. The van der Waals surface area contributed by atoms with E-state index in [1.165, 1.54) is 5.56 Å². The van der Waals surface area contributed by atoms with E-state index in [9.17, 15) is 4.79 Å². The second-order valence-corrected chi connectivity index (χ2v) is 4.96. The number of carbonyl (C=O) groups excluding carboxylic acids is 1. The van der Waals surface area contributed by atoms with Crippen molar-refractivity contribution in [1.82, 2.24) is 4.90 Å². The third-order valence-electron chi connectivity index (χ3n) is 3.30. The van der Waals surface area contributed by atoms with Gasteiger partial charge in [-0.3, -0.25) is 4.79 Å². The lowest BCUT2D eigenvalue weighted by Crippen LogP contribution is -2.40. The molecule has 0 aliphatic carbocycles. The Kier molecular flexibility index (Phi) is 5.83. The van der Waals surface area contributed by atoms with Crippen LogP contribution in [0.4, 0.5) is 0 Å². The summed E-state index contributed by atoms with van der Waals surface area (Å²) in [5.74, 6) is 0.899. The van der Waals surface area contributed by atoms with Crippen molar-refractivity contribution in [2.45, 2.75) is 33.2 Å². The highest BCUT2D eigenvalue weighted by atomic mass is 16.5. The Morgan fingerprint density at radius 2 is 2.11 bits per heavy atom. The molecule has 0 bridgehead atoms. The molecule has 4 heteroatoms. The van der Waals surface area contributed by atoms with Gasteiger partial charge < -0.3 is 15.4 Å². The number of hydrogen-bond donors (Lipinski definition) is 1. The maximum atomic E-state index is 11.9. The van der Waals surface area contributed by atoms with Crippen LogP contribution in [0.1, 0.15) is 24.5 Å².